The molecule has 0 aliphatic carbocycles. The van der Waals surface area contributed by atoms with Crippen LogP contribution in [0.25, 0.3) is 0 Å². The van der Waals surface area contributed by atoms with Crippen LogP contribution >= 0.6 is 0 Å². The molecule has 35 heavy (non-hydrogen) atoms. The van der Waals surface area contributed by atoms with Gasteiger partial charge in [0.1, 0.15) is 19.0 Å². The first kappa shape index (κ1) is 25.3. The van der Waals surface area contributed by atoms with Crippen molar-refractivity contribution in [1.82, 2.24) is 0 Å². The molecule has 0 radical (unpaired) electrons. The molecular formula is C27H25NO7. The maximum Gasteiger partial charge on any atom is 0.321 e. The van der Waals surface area contributed by atoms with Gasteiger partial charge in [-0.3, -0.25) is 19.7 Å². The van der Waals surface area contributed by atoms with E-state index in [1.54, 1.807) is 48.5 Å². The number of Topliss-reactive ketones (excluding diaryl/α,β-unsaturated/α-hetero) is 1. The molecule has 3 aromatic carbocycles. The van der Waals surface area contributed by atoms with Crippen LogP contribution in [0.15, 0.2) is 84.9 Å². The van der Waals surface area contributed by atoms with Crippen molar-refractivity contribution < 1.29 is 28.8 Å². The number of hydrogen-bond donors (Lipinski definition) is 0. The predicted molar refractivity (Wildman–Crippen MR) is 127 cm³/mol. The lowest BCUT2D eigenvalue weighted by atomic mass is 9.82. The largest absolute Gasteiger partial charge is 0.460 e. The Morgan fingerprint density at radius 3 is 1.63 bits per heavy atom. The molecule has 8 heteroatoms. The fourth-order valence-electron chi connectivity index (χ4n) is 3.64. The Labute approximate surface area is 202 Å². The van der Waals surface area contributed by atoms with Gasteiger partial charge in [-0.15, -0.1) is 0 Å². The lowest BCUT2D eigenvalue weighted by Crippen LogP contribution is -2.34. The Balaban J connectivity index is 1.89. The van der Waals surface area contributed by atoms with Gasteiger partial charge in [-0.05, 0) is 23.6 Å². The van der Waals surface area contributed by atoms with E-state index in [2.05, 4.69) is 0 Å². The van der Waals surface area contributed by atoms with Gasteiger partial charge in [-0.1, -0.05) is 72.8 Å². The van der Waals surface area contributed by atoms with Crippen molar-refractivity contribution in [2.45, 2.75) is 32.5 Å². The number of ether oxygens (including phenoxy) is 2. The summed E-state index contributed by atoms with van der Waals surface area (Å²) in [5.41, 5.74) is 1.74. The monoisotopic (exact) mass is 475 g/mol. The molecule has 0 spiro atoms. The Kier molecular flexibility index (Phi) is 8.83. The molecule has 0 heterocycles. The number of nitro benzene ring substituents is 1. The maximum atomic E-state index is 13.2. The van der Waals surface area contributed by atoms with Crippen molar-refractivity contribution in [3.63, 3.8) is 0 Å². The number of nitro groups is 1. The number of hydrogen-bond acceptors (Lipinski definition) is 7. The quantitative estimate of drug-likeness (QED) is 0.170. The maximum absolute atomic E-state index is 13.2. The molecule has 0 saturated carbocycles. The van der Waals surface area contributed by atoms with Crippen molar-refractivity contribution in [3.8, 4) is 0 Å². The molecule has 3 rings (SSSR count). The zero-order valence-electron chi connectivity index (χ0n) is 19.2. The zero-order valence-corrected chi connectivity index (χ0v) is 19.2. The summed E-state index contributed by atoms with van der Waals surface area (Å²) in [5, 5.41) is 11.1. The minimum Gasteiger partial charge on any atom is -0.460 e. The van der Waals surface area contributed by atoms with E-state index < -0.39 is 28.7 Å². The Morgan fingerprint density at radius 2 is 1.23 bits per heavy atom. The number of carbonyl (C=O) groups is 3. The normalized spacial score (nSPS) is 11.5. The number of ketones is 1. The van der Waals surface area contributed by atoms with Crippen LogP contribution in [0, 0.1) is 16.0 Å². The SMILES string of the molecule is CC(=O)C[C@@H](c1ccc([N+](=O)[O-])cc1)C(C(=O)OCc1ccccc1)C(=O)OCc1ccccc1. The van der Waals surface area contributed by atoms with E-state index in [9.17, 15) is 24.5 Å². The van der Waals surface area contributed by atoms with Gasteiger partial charge in [0.15, 0.2) is 5.92 Å². The number of non-ortho nitro benzene ring substituents is 1. The summed E-state index contributed by atoms with van der Waals surface area (Å²) in [6, 6.07) is 23.4. The van der Waals surface area contributed by atoms with Gasteiger partial charge in [0, 0.05) is 24.5 Å². The molecule has 8 nitrogen and oxygen atoms in total. The molecule has 0 unspecified atom stereocenters. The molecule has 0 bridgehead atoms. The molecule has 0 aliphatic rings. The van der Waals surface area contributed by atoms with Gasteiger partial charge in [0.25, 0.3) is 5.69 Å². The van der Waals surface area contributed by atoms with Crippen molar-refractivity contribution in [2.24, 2.45) is 5.92 Å². The Hall–Kier alpha value is -4.33. The van der Waals surface area contributed by atoms with Crippen LogP contribution in [0.3, 0.4) is 0 Å². The number of benzene rings is 3. The minimum atomic E-state index is -1.44. The first-order chi connectivity index (χ1) is 16.8. The molecule has 180 valence electrons. The molecular weight excluding hydrogens is 450 g/mol. The summed E-state index contributed by atoms with van der Waals surface area (Å²) in [6.45, 7) is 1.23. The fraction of sp³-hybridized carbons (Fsp3) is 0.222. The van der Waals surface area contributed by atoms with Crippen LogP contribution < -0.4 is 0 Å². The lowest BCUT2D eigenvalue weighted by molar-refractivity contribution is -0.384. The predicted octanol–water partition coefficient (Wildman–Crippen LogP) is 4.76. The van der Waals surface area contributed by atoms with E-state index in [1.807, 2.05) is 12.1 Å². The van der Waals surface area contributed by atoms with Crippen molar-refractivity contribution in [3.05, 3.63) is 112 Å². The van der Waals surface area contributed by atoms with Crippen LogP contribution in [0.2, 0.25) is 0 Å². The van der Waals surface area contributed by atoms with Crippen molar-refractivity contribution in [2.75, 3.05) is 0 Å². The lowest BCUT2D eigenvalue weighted by Gasteiger charge is -2.24. The molecule has 0 aromatic heterocycles. The van der Waals surface area contributed by atoms with Crippen LogP contribution in [0.1, 0.15) is 36.0 Å². The second-order valence-electron chi connectivity index (χ2n) is 8.03. The molecule has 0 saturated heterocycles. The molecule has 0 N–H and O–H groups in total. The summed E-state index contributed by atoms with van der Waals surface area (Å²) in [4.78, 5) is 49.0. The van der Waals surface area contributed by atoms with Gasteiger partial charge >= 0.3 is 11.9 Å². The third-order valence-corrected chi connectivity index (χ3v) is 5.40. The first-order valence-corrected chi connectivity index (χ1v) is 11.0. The topological polar surface area (TPSA) is 113 Å². The third kappa shape index (κ3) is 7.33. The third-order valence-electron chi connectivity index (χ3n) is 5.40. The molecule has 0 amide bonds. The van der Waals surface area contributed by atoms with E-state index in [0.29, 0.717) is 5.56 Å². The highest BCUT2D eigenvalue weighted by molar-refractivity contribution is 5.97. The number of rotatable bonds is 11. The summed E-state index contributed by atoms with van der Waals surface area (Å²) < 4.78 is 10.9. The van der Waals surface area contributed by atoms with Gasteiger partial charge < -0.3 is 14.3 Å². The van der Waals surface area contributed by atoms with E-state index in [-0.39, 0.29) is 31.1 Å². The summed E-state index contributed by atoms with van der Waals surface area (Å²) >= 11 is 0. The van der Waals surface area contributed by atoms with Crippen LogP contribution in [0.4, 0.5) is 5.69 Å². The summed E-state index contributed by atoms with van der Waals surface area (Å²) in [5.74, 6) is -4.29. The van der Waals surface area contributed by atoms with Gasteiger partial charge in [-0.25, -0.2) is 0 Å². The highest BCUT2D eigenvalue weighted by Gasteiger charge is 2.39. The van der Waals surface area contributed by atoms with E-state index in [4.69, 9.17) is 9.47 Å². The van der Waals surface area contributed by atoms with Crippen LogP contribution in [-0.2, 0) is 37.1 Å². The number of esters is 2. The van der Waals surface area contributed by atoms with Crippen LogP contribution in [-0.4, -0.2) is 22.6 Å². The molecule has 0 aliphatic heterocycles. The molecule has 1 atom stereocenters. The van der Waals surface area contributed by atoms with Crippen LogP contribution in [0.5, 0.6) is 0 Å². The minimum absolute atomic E-state index is 0.0603. The Bertz CT molecular complexity index is 1110. The zero-order chi connectivity index (χ0) is 25.2. The van der Waals surface area contributed by atoms with Crippen molar-refractivity contribution >= 4 is 23.4 Å². The number of carbonyl (C=O) groups excluding carboxylic acids is 3. The average Bonchev–Trinajstić information content (AvgIpc) is 2.87. The van der Waals surface area contributed by atoms with Gasteiger partial charge in [0.2, 0.25) is 0 Å². The molecule has 3 aromatic rings. The molecule has 0 fully saturated rings. The first-order valence-electron chi connectivity index (χ1n) is 11.0. The average molecular weight is 475 g/mol. The summed E-state index contributed by atoms with van der Waals surface area (Å²) in [7, 11) is 0. The number of nitrogens with zero attached hydrogens (tertiary/aromatic N) is 1. The fourth-order valence-corrected chi connectivity index (χ4v) is 3.64. The van der Waals surface area contributed by atoms with Crippen molar-refractivity contribution in [1.29, 1.82) is 0 Å². The van der Waals surface area contributed by atoms with E-state index >= 15 is 0 Å². The Morgan fingerprint density at radius 1 is 0.771 bits per heavy atom. The van der Waals surface area contributed by atoms with E-state index in [0.717, 1.165) is 11.1 Å². The highest BCUT2D eigenvalue weighted by atomic mass is 16.6. The summed E-state index contributed by atoms with van der Waals surface area (Å²) in [6.07, 6.45) is -0.149. The smallest absolute Gasteiger partial charge is 0.321 e. The highest BCUT2D eigenvalue weighted by Crippen LogP contribution is 2.32. The van der Waals surface area contributed by atoms with Gasteiger partial charge in [-0.2, -0.15) is 0 Å². The van der Waals surface area contributed by atoms with E-state index in [1.165, 1.54) is 31.2 Å². The van der Waals surface area contributed by atoms with Gasteiger partial charge in [0.05, 0.1) is 4.92 Å². The second kappa shape index (κ2) is 12.2. The second-order valence-corrected chi connectivity index (χ2v) is 8.03. The standard InChI is InChI=1S/C27H25NO7/c1-19(29)16-24(22-12-14-23(15-13-22)28(32)33)25(26(30)34-17-20-8-4-2-5-9-20)27(31)35-18-21-10-6-3-7-11-21/h2-15,24-25H,16-18H2,1H3/t24-/m0/s1.